The maximum Gasteiger partial charge on any atom is 0.255 e. The molecule has 0 saturated carbocycles. The normalized spacial score (nSPS) is 12.0. The van der Waals surface area contributed by atoms with Crippen molar-refractivity contribution in [3.63, 3.8) is 0 Å². The monoisotopic (exact) mass is 403 g/mol. The van der Waals surface area contributed by atoms with Gasteiger partial charge in [0.25, 0.3) is 5.56 Å². The molecular formula is C19H25N5O3S. The SMILES string of the molecule is COc1cc(OC)cc(C(N=[N+]=[N-])c2nc(SC(C)C)[nH]c(=O)c2C(C)C)c1. The van der Waals surface area contributed by atoms with Crippen LogP contribution in [0.1, 0.15) is 56.5 Å². The van der Waals surface area contributed by atoms with Crippen molar-refractivity contribution >= 4 is 11.8 Å². The zero-order chi connectivity index (χ0) is 20.8. The predicted molar refractivity (Wildman–Crippen MR) is 110 cm³/mol. The maximum atomic E-state index is 12.8. The topological polar surface area (TPSA) is 113 Å². The summed E-state index contributed by atoms with van der Waals surface area (Å²) in [5.41, 5.74) is 10.5. The Kier molecular flexibility index (Phi) is 7.37. The van der Waals surface area contributed by atoms with Crippen molar-refractivity contribution in [3.8, 4) is 11.5 Å². The van der Waals surface area contributed by atoms with E-state index in [-0.39, 0.29) is 16.7 Å². The van der Waals surface area contributed by atoms with Crippen LogP contribution in [0.2, 0.25) is 0 Å². The molecule has 9 heteroatoms. The van der Waals surface area contributed by atoms with Gasteiger partial charge in [-0.25, -0.2) is 4.98 Å². The molecular weight excluding hydrogens is 378 g/mol. The number of ether oxygens (including phenoxy) is 2. The molecule has 0 spiro atoms. The number of nitrogens with zero attached hydrogens (tertiary/aromatic N) is 4. The molecule has 0 aliphatic heterocycles. The third kappa shape index (κ3) is 4.99. The van der Waals surface area contributed by atoms with Gasteiger partial charge in [-0.3, -0.25) is 4.79 Å². The minimum absolute atomic E-state index is 0.103. The minimum atomic E-state index is -0.791. The number of H-pyrrole nitrogens is 1. The Morgan fingerprint density at radius 2 is 1.75 bits per heavy atom. The van der Waals surface area contributed by atoms with Crippen LogP contribution in [0, 0.1) is 0 Å². The van der Waals surface area contributed by atoms with Gasteiger partial charge in [0.1, 0.15) is 17.5 Å². The fourth-order valence-electron chi connectivity index (χ4n) is 2.84. The van der Waals surface area contributed by atoms with Gasteiger partial charge in [0.2, 0.25) is 0 Å². The number of aromatic amines is 1. The average Bonchev–Trinajstić information content (AvgIpc) is 2.64. The maximum absolute atomic E-state index is 12.8. The second-order valence-corrected chi connectivity index (χ2v) is 8.31. The van der Waals surface area contributed by atoms with Crippen molar-refractivity contribution < 1.29 is 9.47 Å². The van der Waals surface area contributed by atoms with E-state index in [0.29, 0.717) is 33.5 Å². The number of aromatic nitrogens is 2. The Morgan fingerprint density at radius 1 is 1.14 bits per heavy atom. The number of hydrogen-bond acceptors (Lipinski definition) is 6. The van der Waals surface area contributed by atoms with Gasteiger partial charge in [0, 0.05) is 21.8 Å². The smallest absolute Gasteiger partial charge is 0.255 e. The van der Waals surface area contributed by atoms with E-state index in [1.165, 1.54) is 11.8 Å². The lowest BCUT2D eigenvalue weighted by Crippen LogP contribution is -2.22. The summed E-state index contributed by atoms with van der Waals surface area (Å²) in [6.07, 6.45) is 0. The Labute approximate surface area is 168 Å². The third-order valence-corrected chi connectivity index (χ3v) is 4.89. The molecule has 1 atom stereocenters. The first-order valence-electron chi connectivity index (χ1n) is 8.88. The van der Waals surface area contributed by atoms with Crippen LogP contribution in [0.25, 0.3) is 10.4 Å². The summed E-state index contributed by atoms with van der Waals surface area (Å²) in [7, 11) is 3.09. The highest BCUT2D eigenvalue weighted by atomic mass is 32.2. The van der Waals surface area contributed by atoms with Crippen LogP contribution in [0.15, 0.2) is 33.3 Å². The standard InChI is InChI=1S/C19H25N5O3S/c1-10(2)15-17(21-19(22-18(15)25)28-11(3)4)16(23-24-20)12-7-13(26-5)9-14(8-12)27-6/h7-11,16H,1-6H3,(H,21,22,25). The second-order valence-electron chi connectivity index (χ2n) is 6.74. The largest absolute Gasteiger partial charge is 0.497 e. The summed E-state index contributed by atoms with van der Waals surface area (Å²) in [6.45, 7) is 7.84. The zero-order valence-electron chi connectivity index (χ0n) is 16.9. The third-order valence-electron chi connectivity index (χ3n) is 4.00. The van der Waals surface area contributed by atoms with Crippen LogP contribution < -0.4 is 15.0 Å². The van der Waals surface area contributed by atoms with Crippen molar-refractivity contribution in [2.45, 2.75) is 50.1 Å². The number of hydrogen-bond donors (Lipinski definition) is 1. The number of methoxy groups -OCH3 is 2. The Morgan fingerprint density at radius 3 is 2.21 bits per heavy atom. The molecule has 0 amide bonds. The van der Waals surface area contributed by atoms with Gasteiger partial charge in [0.15, 0.2) is 5.16 Å². The van der Waals surface area contributed by atoms with Gasteiger partial charge in [-0.15, -0.1) is 0 Å². The van der Waals surface area contributed by atoms with Gasteiger partial charge in [-0.05, 0) is 29.1 Å². The number of thioether (sulfide) groups is 1. The first-order chi connectivity index (χ1) is 13.3. The predicted octanol–water partition coefficient (Wildman–Crippen LogP) is 4.81. The first-order valence-corrected chi connectivity index (χ1v) is 9.76. The Bertz CT molecular complexity index is 913. The quantitative estimate of drug-likeness (QED) is 0.223. The van der Waals surface area contributed by atoms with Gasteiger partial charge >= 0.3 is 0 Å². The molecule has 0 saturated heterocycles. The van der Waals surface area contributed by atoms with Crippen LogP contribution in [0.4, 0.5) is 0 Å². The molecule has 0 bridgehead atoms. The van der Waals surface area contributed by atoms with Gasteiger partial charge in [-0.1, -0.05) is 44.6 Å². The van der Waals surface area contributed by atoms with E-state index >= 15 is 0 Å². The molecule has 150 valence electrons. The summed E-state index contributed by atoms with van der Waals surface area (Å²) in [5.74, 6) is 1.01. The van der Waals surface area contributed by atoms with Gasteiger partial charge < -0.3 is 14.5 Å². The molecule has 2 rings (SSSR count). The lowest BCUT2D eigenvalue weighted by atomic mass is 9.95. The van der Waals surface area contributed by atoms with Crippen LogP contribution >= 0.6 is 11.8 Å². The van der Waals surface area contributed by atoms with E-state index in [1.54, 1.807) is 32.4 Å². The van der Waals surface area contributed by atoms with Crippen LogP contribution in [0.3, 0.4) is 0 Å². The summed E-state index contributed by atoms with van der Waals surface area (Å²) in [4.78, 5) is 23.3. The van der Waals surface area contributed by atoms with Gasteiger partial charge in [0.05, 0.1) is 19.9 Å². The highest BCUT2D eigenvalue weighted by Crippen LogP contribution is 2.35. The van der Waals surface area contributed by atoms with E-state index in [0.717, 1.165) is 0 Å². The van der Waals surface area contributed by atoms with E-state index in [9.17, 15) is 10.3 Å². The first kappa shape index (κ1) is 21.7. The average molecular weight is 404 g/mol. The molecule has 1 aromatic carbocycles. The summed E-state index contributed by atoms with van der Waals surface area (Å²) in [6, 6.07) is 4.44. The molecule has 0 aliphatic rings. The second kappa shape index (κ2) is 9.52. The van der Waals surface area contributed by atoms with Crippen molar-refractivity contribution in [3.05, 3.63) is 55.8 Å². The zero-order valence-corrected chi connectivity index (χ0v) is 17.7. The van der Waals surface area contributed by atoms with E-state index in [2.05, 4.69) is 20.0 Å². The molecule has 0 radical (unpaired) electrons. The van der Waals surface area contributed by atoms with E-state index in [4.69, 9.17) is 9.47 Å². The summed E-state index contributed by atoms with van der Waals surface area (Å²) >= 11 is 1.44. The number of azide groups is 1. The Balaban J connectivity index is 2.76. The van der Waals surface area contributed by atoms with E-state index in [1.807, 2.05) is 27.7 Å². The molecule has 1 heterocycles. The van der Waals surface area contributed by atoms with Crippen molar-refractivity contribution in [1.82, 2.24) is 9.97 Å². The Hall–Kier alpha value is -2.64. The lowest BCUT2D eigenvalue weighted by Gasteiger charge is -2.19. The van der Waals surface area contributed by atoms with Crippen LogP contribution in [-0.2, 0) is 0 Å². The van der Waals surface area contributed by atoms with Crippen molar-refractivity contribution in [2.24, 2.45) is 5.11 Å². The molecule has 1 unspecified atom stereocenters. The fraction of sp³-hybridized carbons (Fsp3) is 0.474. The molecule has 1 N–H and O–H groups in total. The lowest BCUT2D eigenvalue weighted by molar-refractivity contribution is 0.393. The summed E-state index contributed by atoms with van der Waals surface area (Å²) in [5, 5.41) is 4.69. The molecule has 28 heavy (non-hydrogen) atoms. The molecule has 8 nitrogen and oxygen atoms in total. The van der Waals surface area contributed by atoms with Crippen molar-refractivity contribution in [2.75, 3.05) is 14.2 Å². The molecule has 0 fully saturated rings. The number of rotatable bonds is 8. The van der Waals surface area contributed by atoms with Gasteiger partial charge in [-0.2, -0.15) is 0 Å². The molecule has 2 aromatic rings. The highest BCUT2D eigenvalue weighted by molar-refractivity contribution is 7.99. The summed E-state index contributed by atoms with van der Waals surface area (Å²) < 4.78 is 10.7. The molecule has 1 aromatic heterocycles. The van der Waals surface area contributed by atoms with E-state index < -0.39 is 6.04 Å². The fourth-order valence-corrected chi connectivity index (χ4v) is 3.59. The number of nitrogens with one attached hydrogen (secondary N) is 1. The minimum Gasteiger partial charge on any atom is -0.497 e. The van der Waals surface area contributed by atoms with Crippen molar-refractivity contribution in [1.29, 1.82) is 0 Å². The number of benzene rings is 1. The highest BCUT2D eigenvalue weighted by Gasteiger charge is 2.25. The van der Waals surface area contributed by atoms with Crippen LogP contribution in [-0.4, -0.2) is 29.4 Å². The molecule has 0 aliphatic carbocycles. The van der Waals surface area contributed by atoms with Crippen LogP contribution in [0.5, 0.6) is 11.5 Å².